The van der Waals surface area contributed by atoms with Crippen molar-refractivity contribution in [3.05, 3.63) is 0 Å². The zero-order chi connectivity index (χ0) is 12.3. The van der Waals surface area contributed by atoms with E-state index in [1.54, 1.807) is 0 Å². The fourth-order valence-corrected chi connectivity index (χ4v) is 6.37. The number of nitrogens with two attached hydrogens (primary N) is 1. The molecule has 5 unspecified atom stereocenters. The van der Waals surface area contributed by atoms with Gasteiger partial charge in [0.25, 0.3) is 0 Å². The van der Waals surface area contributed by atoms with Crippen molar-refractivity contribution in [2.24, 2.45) is 17.6 Å². The molecule has 0 aromatic rings. The van der Waals surface area contributed by atoms with Gasteiger partial charge in [0.15, 0.2) is 0 Å². The molecule has 2 rings (SSSR count). The summed E-state index contributed by atoms with van der Waals surface area (Å²) in [7, 11) is 0. The zero-order valence-electron chi connectivity index (χ0n) is 11.2. The van der Waals surface area contributed by atoms with E-state index in [1.165, 1.54) is 43.6 Å². The van der Waals surface area contributed by atoms with Gasteiger partial charge in [0.1, 0.15) is 0 Å². The summed E-state index contributed by atoms with van der Waals surface area (Å²) in [5.74, 6) is 4.37. The van der Waals surface area contributed by atoms with Crippen molar-refractivity contribution >= 4 is 23.5 Å². The fourth-order valence-electron chi connectivity index (χ4n) is 3.39. The Bertz CT molecular complexity index is 234. The molecule has 1 nitrogen and oxygen atoms in total. The molecule has 100 valence electrons. The van der Waals surface area contributed by atoms with E-state index < -0.39 is 0 Å². The molecular weight excluding hydrogens is 246 g/mol. The fraction of sp³-hybridized carbons (Fsp3) is 1.00. The summed E-state index contributed by atoms with van der Waals surface area (Å²) in [5.41, 5.74) is 6.60. The van der Waals surface area contributed by atoms with Crippen molar-refractivity contribution in [1.29, 1.82) is 0 Å². The van der Waals surface area contributed by atoms with Crippen LogP contribution in [0.15, 0.2) is 0 Å². The van der Waals surface area contributed by atoms with Crippen molar-refractivity contribution in [2.75, 3.05) is 11.5 Å². The van der Waals surface area contributed by atoms with Crippen molar-refractivity contribution in [2.45, 2.75) is 62.5 Å². The van der Waals surface area contributed by atoms with Crippen molar-refractivity contribution in [1.82, 2.24) is 0 Å². The lowest BCUT2D eigenvalue weighted by Crippen LogP contribution is -2.46. The van der Waals surface area contributed by atoms with Gasteiger partial charge in [0.05, 0.1) is 0 Å². The third-order valence-electron chi connectivity index (χ3n) is 4.56. The van der Waals surface area contributed by atoms with Crippen LogP contribution in [0.1, 0.15) is 46.0 Å². The second-order valence-electron chi connectivity index (χ2n) is 5.69. The van der Waals surface area contributed by atoms with Crippen LogP contribution in [0.4, 0.5) is 0 Å². The number of rotatable bonds is 3. The van der Waals surface area contributed by atoms with Gasteiger partial charge in [-0.25, -0.2) is 0 Å². The first-order valence-electron chi connectivity index (χ1n) is 7.21. The third-order valence-corrected chi connectivity index (χ3v) is 7.80. The summed E-state index contributed by atoms with van der Waals surface area (Å²) in [6, 6.07) is 0.442. The van der Waals surface area contributed by atoms with Crippen LogP contribution in [0.3, 0.4) is 0 Å². The van der Waals surface area contributed by atoms with E-state index in [0.29, 0.717) is 11.3 Å². The molecule has 2 N–H and O–H groups in total. The topological polar surface area (TPSA) is 26.0 Å². The van der Waals surface area contributed by atoms with E-state index in [-0.39, 0.29) is 0 Å². The highest BCUT2D eigenvalue weighted by atomic mass is 32.2. The molecule has 2 fully saturated rings. The lowest BCUT2D eigenvalue weighted by Gasteiger charge is -2.39. The summed E-state index contributed by atoms with van der Waals surface area (Å²) >= 11 is 4.26. The predicted octanol–water partition coefficient (Wildman–Crippen LogP) is 3.77. The van der Waals surface area contributed by atoms with Crippen molar-refractivity contribution in [3.63, 3.8) is 0 Å². The van der Waals surface area contributed by atoms with E-state index in [2.05, 4.69) is 37.4 Å². The van der Waals surface area contributed by atoms with Crippen LogP contribution in [0, 0.1) is 11.8 Å². The van der Waals surface area contributed by atoms with Crippen LogP contribution in [-0.2, 0) is 0 Å². The van der Waals surface area contributed by atoms with Crippen LogP contribution >= 0.6 is 23.5 Å². The molecule has 5 atom stereocenters. The minimum atomic E-state index is 0.442. The van der Waals surface area contributed by atoms with E-state index in [9.17, 15) is 0 Å². The molecule has 0 aromatic heterocycles. The Morgan fingerprint density at radius 1 is 1.24 bits per heavy atom. The standard InChI is InChI=1S/C14H27NS2/c1-3-11-5-4-6-12(9-11)13(15)14-10(2)16-7-8-17-14/h10-14H,3-9,15H2,1-2H3. The van der Waals surface area contributed by atoms with Crippen LogP contribution in [0.2, 0.25) is 0 Å². The Morgan fingerprint density at radius 2 is 2.00 bits per heavy atom. The first-order valence-corrected chi connectivity index (χ1v) is 9.31. The summed E-state index contributed by atoms with van der Waals surface area (Å²) < 4.78 is 0. The Hall–Kier alpha value is 0.660. The van der Waals surface area contributed by atoms with Gasteiger partial charge in [0, 0.05) is 28.0 Å². The molecule has 3 heteroatoms. The zero-order valence-corrected chi connectivity index (χ0v) is 12.9. The van der Waals surface area contributed by atoms with Gasteiger partial charge in [-0.3, -0.25) is 0 Å². The highest BCUT2D eigenvalue weighted by Gasteiger charge is 2.34. The summed E-state index contributed by atoms with van der Waals surface area (Å²) in [6.07, 6.45) is 6.99. The highest BCUT2D eigenvalue weighted by molar-refractivity contribution is 8.07. The van der Waals surface area contributed by atoms with Gasteiger partial charge in [-0.05, 0) is 24.7 Å². The number of hydrogen-bond acceptors (Lipinski definition) is 3. The van der Waals surface area contributed by atoms with Crippen LogP contribution in [-0.4, -0.2) is 28.0 Å². The molecule has 1 saturated heterocycles. The van der Waals surface area contributed by atoms with E-state index in [1.807, 2.05) is 0 Å². The molecule has 0 radical (unpaired) electrons. The third kappa shape index (κ3) is 3.57. The Balaban J connectivity index is 1.91. The van der Waals surface area contributed by atoms with Crippen LogP contribution in [0.25, 0.3) is 0 Å². The van der Waals surface area contributed by atoms with Gasteiger partial charge in [-0.1, -0.05) is 33.1 Å². The van der Waals surface area contributed by atoms with Gasteiger partial charge in [-0.2, -0.15) is 23.5 Å². The maximum atomic E-state index is 6.60. The first-order chi connectivity index (χ1) is 8.22. The van der Waals surface area contributed by atoms with Crippen LogP contribution in [0.5, 0.6) is 0 Å². The van der Waals surface area contributed by atoms with E-state index in [0.717, 1.165) is 17.1 Å². The highest BCUT2D eigenvalue weighted by Crippen LogP contribution is 2.39. The molecule has 17 heavy (non-hydrogen) atoms. The second-order valence-corrected chi connectivity index (χ2v) is 8.46. The van der Waals surface area contributed by atoms with Crippen LogP contribution < -0.4 is 5.73 Å². The maximum Gasteiger partial charge on any atom is 0.0318 e. The summed E-state index contributed by atoms with van der Waals surface area (Å²) in [6.45, 7) is 4.72. The van der Waals surface area contributed by atoms with E-state index >= 15 is 0 Å². The van der Waals surface area contributed by atoms with Gasteiger partial charge < -0.3 is 5.73 Å². The number of hydrogen-bond donors (Lipinski definition) is 1. The lowest BCUT2D eigenvalue weighted by molar-refractivity contribution is 0.226. The first kappa shape index (κ1) is 14.1. The Morgan fingerprint density at radius 3 is 2.71 bits per heavy atom. The average Bonchev–Trinajstić information content (AvgIpc) is 2.38. The second kappa shape index (κ2) is 6.72. The van der Waals surface area contributed by atoms with Gasteiger partial charge in [-0.15, -0.1) is 0 Å². The molecule has 1 saturated carbocycles. The molecular formula is C14H27NS2. The molecule has 2 aliphatic rings. The van der Waals surface area contributed by atoms with Gasteiger partial charge >= 0.3 is 0 Å². The number of thioether (sulfide) groups is 2. The smallest absolute Gasteiger partial charge is 0.0318 e. The molecule has 1 aliphatic carbocycles. The molecule has 0 amide bonds. The molecule has 0 bridgehead atoms. The Labute approximate surface area is 115 Å². The molecule has 0 spiro atoms. The van der Waals surface area contributed by atoms with Gasteiger partial charge in [0.2, 0.25) is 0 Å². The minimum Gasteiger partial charge on any atom is -0.326 e. The normalized spacial score (nSPS) is 41.1. The lowest BCUT2D eigenvalue weighted by atomic mass is 9.76. The van der Waals surface area contributed by atoms with Crippen molar-refractivity contribution < 1.29 is 0 Å². The minimum absolute atomic E-state index is 0.442. The quantitative estimate of drug-likeness (QED) is 0.848. The van der Waals surface area contributed by atoms with E-state index in [4.69, 9.17) is 5.73 Å². The molecule has 1 aliphatic heterocycles. The molecule has 0 aromatic carbocycles. The maximum absolute atomic E-state index is 6.60. The van der Waals surface area contributed by atoms with Crippen molar-refractivity contribution in [3.8, 4) is 0 Å². The predicted molar refractivity (Wildman–Crippen MR) is 81.9 cm³/mol. The summed E-state index contributed by atoms with van der Waals surface area (Å²) in [5, 5.41) is 1.46. The average molecular weight is 274 g/mol. The summed E-state index contributed by atoms with van der Waals surface area (Å²) in [4.78, 5) is 0. The largest absolute Gasteiger partial charge is 0.326 e. The molecule has 1 heterocycles. The Kier molecular flexibility index (Phi) is 5.56. The monoisotopic (exact) mass is 273 g/mol. The SMILES string of the molecule is CCC1CCCC(C(N)C2SCCSC2C)C1.